The maximum absolute atomic E-state index is 12.5. The van der Waals surface area contributed by atoms with E-state index in [4.69, 9.17) is 14.8 Å². The van der Waals surface area contributed by atoms with E-state index in [0.717, 1.165) is 22.2 Å². The van der Waals surface area contributed by atoms with Gasteiger partial charge >= 0.3 is 11.6 Å². The minimum atomic E-state index is -1.27. The van der Waals surface area contributed by atoms with E-state index in [1.807, 2.05) is 44.1 Å². The molecular weight excluding hydrogens is 380 g/mol. The zero-order valence-electron chi connectivity index (χ0n) is 16.8. The van der Waals surface area contributed by atoms with Gasteiger partial charge < -0.3 is 14.4 Å². The first-order valence-electron chi connectivity index (χ1n) is 9.18. The number of hydrogen-bond donors (Lipinski definition) is 1. The third-order valence-corrected chi connectivity index (χ3v) is 4.75. The van der Waals surface area contributed by atoms with Crippen LogP contribution in [0.2, 0.25) is 0 Å². The van der Waals surface area contributed by atoms with E-state index >= 15 is 0 Å². The maximum Gasteiger partial charge on any atom is 0.346 e. The number of anilines is 1. The van der Waals surface area contributed by atoms with Gasteiger partial charge in [-0.3, -0.25) is 0 Å². The number of rotatable bonds is 5. The Hall–Kier alpha value is -4.11. The number of hydrogen-bond acceptors (Lipinski definition) is 5. The number of aliphatic carboxylic acids is 1. The van der Waals surface area contributed by atoms with Gasteiger partial charge in [-0.05, 0) is 47.9 Å². The fraction of sp³-hybridized carbons (Fsp3) is 0.125. The zero-order chi connectivity index (χ0) is 21.8. The monoisotopic (exact) mass is 400 g/mol. The number of benzene rings is 2. The van der Waals surface area contributed by atoms with E-state index in [1.165, 1.54) is 6.08 Å². The molecule has 0 saturated heterocycles. The molecule has 6 nitrogen and oxygen atoms in total. The van der Waals surface area contributed by atoms with Gasteiger partial charge in [-0.2, -0.15) is 5.26 Å². The number of aryl methyl sites for hydroxylation is 1. The summed E-state index contributed by atoms with van der Waals surface area (Å²) in [7, 11) is 3.85. The molecule has 1 heterocycles. The molecule has 1 N–H and O–H groups in total. The third-order valence-electron chi connectivity index (χ3n) is 4.75. The second kappa shape index (κ2) is 8.50. The first-order chi connectivity index (χ1) is 14.3. The minimum Gasteiger partial charge on any atom is -0.477 e. The van der Waals surface area contributed by atoms with Crippen molar-refractivity contribution >= 4 is 40.9 Å². The number of carbonyl (C=O) groups is 1. The van der Waals surface area contributed by atoms with Gasteiger partial charge in [0.15, 0.2) is 0 Å². The predicted molar refractivity (Wildman–Crippen MR) is 118 cm³/mol. The van der Waals surface area contributed by atoms with Crippen molar-refractivity contribution in [3.63, 3.8) is 0 Å². The van der Waals surface area contributed by atoms with Gasteiger partial charge in [0.2, 0.25) is 0 Å². The zero-order valence-corrected chi connectivity index (χ0v) is 16.8. The van der Waals surface area contributed by atoms with E-state index in [0.29, 0.717) is 16.7 Å². The van der Waals surface area contributed by atoms with Crippen molar-refractivity contribution in [1.29, 1.82) is 5.26 Å². The highest BCUT2D eigenvalue weighted by atomic mass is 16.4. The number of carboxylic acid groups (broad SMARTS) is 1. The van der Waals surface area contributed by atoms with Gasteiger partial charge in [0, 0.05) is 31.2 Å². The molecule has 0 spiro atoms. The van der Waals surface area contributed by atoms with Crippen molar-refractivity contribution in [2.75, 3.05) is 19.0 Å². The molecule has 0 saturated carbocycles. The van der Waals surface area contributed by atoms with Gasteiger partial charge in [-0.15, -0.1) is 0 Å². The molecule has 0 aliphatic heterocycles. The molecule has 0 radical (unpaired) electrons. The Balaban J connectivity index is 1.92. The highest BCUT2D eigenvalue weighted by molar-refractivity contribution is 5.96. The van der Waals surface area contributed by atoms with Crippen LogP contribution in [0.25, 0.3) is 29.2 Å². The summed E-state index contributed by atoms with van der Waals surface area (Å²) in [5.41, 5.74) is 3.48. The van der Waals surface area contributed by atoms with Crippen LogP contribution < -0.4 is 10.5 Å². The van der Waals surface area contributed by atoms with E-state index in [2.05, 4.69) is 0 Å². The summed E-state index contributed by atoms with van der Waals surface area (Å²) in [6.45, 7) is 1.89. The lowest BCUT2D eigenvalue weighted by Gasteiger charge is -2.13. The first-order valence-corrected chi connectivity index (χ1v) is 9.18. The molecule has 2 aromatic carbocycles. The lowest BCUT2D eigenvalue weighted by molar-refractivity contribution is -0.132. The highest BCUT2D eigenvalue weighted by Gasteiger charge is 2.10. The Kier molecular flexibility index (Phi) is 5.84. The van der Waals surface area contributed by atoms with Crippen LogP contribution in [-0.2, 0) is 4.79 Å². The van der Waals surface area contributed by atoms with E-state index in [1.54, 1.807) is 42.5 Å². The van der Waals surface area contributed by atoms with Crippen molar-refractivity contribution in [1.82, 2.24) is 0 Å². The SMILES string of the molecule is Cc1c(/C=C/c2ccc(/C=C(/C#N)C(=O)O)cc2)c(=O)oc2cc(N(C)C)ccc12. The molecule has 30 heavy (non-hydrogen) atoms. The van der Waals surface area contributed by atoms with Crippen LogP contribution in [0.3, 0.4) is 0 Å². The average molecular weight is 400 g/mol. The Morgan fingerprint density at radius 2 is 1.77 bits per heavy atom. The molecule has 0 fully saturated rings. The molecule has 3 aromatic rings. The Morgan fingerprint density at radius 1 is 1.10 bits per heavy atom. The van der Waals surface area contributed by atoms with Crippen molar-refractivity contribution < 1.29 is 14.3 Å². The van der Waals surface area contributed by atoms with Gasteiger partial charge in [-0.25, -0.2) is 9.59 Å². The maximum atomic E-state index is 12.5. The fourth-order valence-electron chi connectivity index (χ4n) is 3.02. The fourth-order valence-corrected chi connectivity index (χ4v) is 3.02. The summed E-state index contributed by atoms with van der Waals surface area (Å²) in [5.74, 6) is -1.27. The molecule has 150 valence electrons. The largest absolute Gasteiger partial charge is 0.477 e. The van der Waals surface area contributed by atoms with Crippen LogP contribution in [0.4, 0.5) is 5.69 Å². The molecule has 3 rings (SSSR count). The minimum absolute atomic E-state index is 0.333. The molecule has 0 unspecified atom stereocenters. The van der Waals surface area contributed by atoms with Gasteiger partial charge in [0.1, 0.15) is 17.2 Å². The molecule has 0 aliphatic carbocycles. The lowest BCUT2D eigenvalue weighted by Crippen LogP contribution is -2.09. The summed E-state index contributed by atoms with van der Waals surface area (Å²) in [5, 5.41) is 18.6. The first kappa shape index (κ1) is 20.6. The van der Waals surface area contributed by atoms with Crippen molar-refractivity contribution in [2.45, 2.75) is 6.92 Å². The summed E-state index contributed by atoms with van der Waals surface area (Å²) >= 11 is 0. The number of nitriles is 1. The van der Waals surface area contributed by atoms with Crippen LogP contribution in [-0.4, -0.2) is 25.2 Å². The van der Waals surface area contributed by atoms with Crippen molar-refractivity contribution in [3.05, 3.63) is 80.7 Å². The quantitative estimate of drug-likeness (QED) is 0.389. The molecule has 0 amide bonds. The lowest BCUT2D eigenvalue weighted by atomic mass is 10.0. The van der Waals surface area contributed by atoms with Gasteiger partial charge in [0.25, 0.3) is 0 Å². The topological polar surface area (TPSA) is 94.5 Å². The van der Waals surface area contributed by atoms with Crippen LogP contribution >= 0.6 is 0 Å². The van der Waals surface area contributed by atoms with Crippen molar-refractivity contribution in [3.8, 4) is 6.07 Å². The summed E-state index contributed by atoms with van der Waals surface area (Å²) in [6.07, 6.45) is 4.80. The standard InChI is InChI=1S/C24H20N2O4/c1-15-20-11-9-19(26(2)3)13-22(20)30-24(29)21(15)10-8-16-4-6-17(7-5-16)12-18(14-25)23(27)28/h4-13H,1-3H3,(H,27,28)/b10-8+,18-12-. The van der Waals surface area contributed by atoms with Gasteiger partial charge in [-0.1, -0.05) is 30.3 Å². The predicted octanol–water partition coefficient (Wildman–Crippen LogP) is 4.33. The second-order valence-corrected chi connectivity index (χ2v) is 6.98. The second-order valence-electron chi connectivity index (χ2n) is 6.98. The smallest absolute Gasteiger partial charge is 0.346 e. The Bertz CT molecular complexity index is 1270. The van der Waals surface area contributed by atoms with Crippen LogP contribution in [0.1, 0.15) is 22.3 Å². The van der Waals surface area contributed by atoms with Gasteiger partial charge in [0.05, 0.1) is 5.56 Å². The molecule has 1 aromatic heterocycles. The van der Waals surface area contributed by atoms with E-state index < -0.39 is 11.6 Å². The summed E-state index contributed by atoms with van der Waals surface area (Å²) < 4.78 is 5.52. The normalized spacial score (nSPS) is 11.6. The van der Waals surface area contributed by atoms with E-state index in [9.17, 15) is 9.59 Å². The van der Waals surface area contributed by atoms with Crippen LogP contribution in [0, 0.1) is 18.3 Å². The molecule has 0 bridgehead atoms. The van der Waals surface area contributed by atoms with Crippen LogP contribution in [0.15, 0.2) is 57.2 Å². The number of fused-ring (bicyclic) bond motifs is 1. The number of carboxylic acids is 1. The third kappa shape index (κ3) is 4.31. The summed E-state index contributed by atoms with van der Waals surface area (Å²) in [4.78, 5) is 25.4. The number of nitrogens with zero attached hydrogens (tertiary/aromatic N) is 2. The molecule has 6 heteroatoms. The average Bonchev–Trinajstić information content (AvgIpc) is 2.72. The molecular formula is C24H20N2O4. The Morgan fingerprint density at radius 3 is 2.37 bits per heavy atom. The Labute approximate surface area is 173 Å². The van der Waals surface area contributed by atoms with Crippen molar-refractivity contribution in [2.24, 2.45) is 0 Å². The van der Waals surface area contributed by atoms with Crippen LogP contribution in [0.5, 0.6) is 0 Å². The molecule has 0 aliphatic rings. The molecule has 0 atom stereocenters. The van der Waals surface area contributed by atoms with E-state index in [-0.39, 0.29) is 5.57 Å². The summed E-state index contributed by atoms with van der Waals surface area (Å²) in [6, 6.07) is 14.4. The highest BCUT2D eigenvalue weighted by Crippen LogP contribution is 2.25.